The molecule has 1 heterocycles. The topological polar surface area (TPSA) is 56.1 Å². The van der Waals surface area contributed by atoms with Crippen LogP contribution >= 0.6 is 11.6 Å². The lowest BCUT2D eigenvalue weighted by molar-refractivity contribution is -0.127. The van der Waals surface area contributed by atoms with Crippen molar-refractivity contribution in [2.45, 2.75) is 19.1 Å². The first-order valence-electron chi connectivity index (χ1n) is 8.39. The van der Waals surface area contributed by atoms with Gasteiger partial charge in [-0.05, 0) is 48.9 Å². The molecule has 0 saturated carbocycles. The summed E-state index contributed by atoms with van der Waals surface area (Å²) in [6.45, 7) is 1.66. The fraction of sp³-hybridized carbons (Fsp3) is 0.200. The number of imidazole rings is 1. The second-order valence-electron chi connectivity index (χ2n) is 6.10. The maximum absolute atomic E-state index is 13.3. The fourth-order valence-corrected chi connectivity index (χ4v) is 2.76. The molecule has 5 nitrogen and oxygen atoms in total. The molecule has 140 valence electrons. The van der Waals surface area contributed by atoms with Crippen LogP contribution < -0.4 is 10.1 Å². The minimum atomic E-state index is -0.741. The lowest BCUT2D eigenvalue weighted by Crippen LogP contribution is -2.39. The van der Waals surface area contributed by atoms with Crippen molar-refractivity contribution in [1.82, 2.24) is 14.9 Å². The van der Waals surface area contributed by atoms with Crippen LogP contribution in [0.1, 0.15) is 24.4 Å². The first kappa shape index (κ1) is 18.9. The quantitative estimate of drug-likeness (QED) is 0.698. The summed E-state index contributed by atoms with van der Waals surface area (Å²) in [4.78, 5) is 17.0. The molecule has 0 fully saturated rings. The number of hydrogen-bond acceptors (Lipinski definition) is 3. The maximum Gasteiger partial charge on any atom is 0.261 e. The molecular formula is C20H19ClFN3O2. The van der Waals surface area contributed by atoms with Crippen LogP contribution in [0.3, 0.4) is 0 Å². The van der Waals surface area contributed by atoms with Crippen LogP contribution in [0.15, 0.2) is 60.9 Å². The average Bonchev–Trinajstić information content (AvgIpc) is 3.08. The van der Waals surface area contributed by atoms with Gasteiger partial charge in [0, 0.05) is 24.5 Å². The monoisotopic (exact) mass is 387 g/mol. The second kappa shape index (κ2) is 8.22. The molecule has 0 aliphatic heterocycles. The molecule has 0 saturated heterocycles. The predicted molar refractivity (Wildman–Crippen MR) is 101 cm³/mol. The number of nitrogens with one attached hydrogen (secondary N) is 1. The number of aromatic nitrogens is 2. The van der Waals surface area contributed by atoms with Crippen molar-refractivity contribution in [3.8, 4) is 5.75 Å². The van der Waals surface area contributed by atoms with Crippen molar-refractivity contribution in [3.05, 3.63) is 83.2 Å². The van der Waals surface area contributed by atoms with E-state index in [0.717, 1.165) is 5.56 Å². The molecule has 2 unspecified atom stereocenters. The first-order valence-corrected chi connectivity index (χ1v) is 8.77. The Morgan fingerprint density at radius 1 is 1.19 bits per heavy atom. The Morgan fingerprint density at radius 3 is 2.44 bits per heavy atom. The summed E-state index contributed by atoms with van der Waals surface area (Å²) < 4.78 is 20.8. The molecule has 7 heteroatoms. The lowest BCUT2D eigenvalue weighted by Gasteiger charge is -2.22. The molecular weight excluding hydrogens is 369 g/mol. The van der Waals surface area contributed by atoms with Gasteiger partial charge in [0.15, 0.2) is 6.10 Å². The van der Waals surface area contributed by atoms with E-state index in [0.29, 0.717) is 16.6 Å². The molecule has 3 rings (SSSR count). The zero-order chi connectivity index (χ0) is 19.4. The molecule has 0 radical (unpaired) electrons. The van der Waals surface area contributed by atoms with Crippen LogP contribution in [0.2, 0.25) is 5.02 Å². The zero-order valence-corrected chi connectivity index (χ0v) is 15.7. The summed E-state index contributed by atoms with van der Waals surface area (Å²) in [5.74, 6) is 0.511. The number of carbonyl (C=O) groups is 1. The summed E-state index contributed by atoms with van der Waals surface area (Å²) >= 11 is 5.86. The fourth-order valence-electron chi connectivity index (χ4n) is 2.64. The third-order valence-electron chi connectivity index (χ3n) is 4.10. The van der Waals surface area contributed by atoms with Crippen LogP contribution in [-0.2, 0) is 11.8 Å². The van der Waals surface area contributed by atoms with Crippen LogP contribution in [0.25, 0.3) is 0 Å². The van der Waals surface area contributed by atoms with Gasteiger partial charge in [0.2, 0.25) is 0 Å². The molecule has 1 N–H and O–H groups in total. The highest BCUT2D eigenvalue weighted by Gasteiger charge is 2.24. The van der Waals surface area contributed by atoms with Gasteiger partial charge in [-0.1, -0.05) is 23.7 Å². The van der Waals surface area contributed by atoms with Crippen molar-refractivity contribution >= 4 is 17.5 Å². The van der Waals surface area contributed by atoms with Crippen molar-refractivity contribution in [2.24, 2.45) is 7.05 Å². The lowest BCUT2D eigenvalue weighted by atomic mass is 10.1. The van der Waals surface area contributed by atoms with Crippen LogP contribution in [-0.4, -0.2) is 21.6 Å². The summed E-state index contributed by atoms with van der Waals surface area (Å²) in [6, 6.07) is 12.2. The van der Waals surface area contributed by atoms with Gasteiger partial charge in [-0.2, -0.15) is 0 Å². The third kappa shape index (κ3) is 4.65. The van der Waals surface area contributed by atoms with E-state index in [1.165, 1.54) is 12.1 Å². The van der Waals surface area contributed by atoms with Gasteiger partial charge >= 0.3 is 0 Å². The van der Waals surface area contributed by atoms with E-state index >= 15 is 0 Å². The molecule has 0 spiro atoms. The van der Waals surface area contributed by atoms with Crippen molar-refractivity contribution < 1.29 is 13.9 Å². The van der Waals surface area contributed by atoms with Gasteiger partial charge in [-0.25, -0.2) is 9.37 Å². The highest BCUT2D eigenvalue weighted by Crippen LogP contribution is 2.22. The zero-order valence-electron chi connectivity index (χ0n) is 14.9. The highest BCUT2D eigenvalue weighted by atomic mass is 35.5. The van der Waals surface area contributed by atoms with E-state index in [1.54, 1.807) is 60.3 Å². The Balaban J connectivity index is 1.78. The van der Waals surface area contributed by atoms with Crippen molar-refractivity contribution in [3.63, 3.8) is 0 Å². The van der Waals surface area contributed by atoms with Crippen LogP contribution in [0.4, 0.5) is 4.39 Å². The summed E-state index contributed by atoms with van der Waals surface area (Å²) in [7, 11) is 1.83. The Hall–Kier alpha value is -2.86. The molecule has 1 aromatic heterocycles. The largest absolute Gasteiger partial charge is 0.481 e. The highest BCUT2D eigenvalue weighted by molar-refractivity contribution is 6.30. The Bertz CT molecular complexity index is 910. The van der Waals surface area contributed by atoms with E-state index in [1.807, 2.05) is 7.05 Å². The van der Waals surface area contributed by atoms with E-state index in [9.17, 15) is 9.18 Å². The van der Waals surface area contributed by atoms with Gasteiger partial charge in [0.25, 0.3) is 5.91 Å². The van der Waals surface area contributed by atoms with Crippen LogP contribution in [0.5, 0.6) is 5.75 Å². The van der Waals surface area contributed by atoms with E-state index in [4.69, 9.17) is 16.3 Å². The standard InChI is InChI=1S/C20H19ClFN3O2/c1-13(27-17-9-5-15(21)6-10-17)20(26)24-18(19-23-11-12-25(19)2)14-3-7-16(22)8-4-14/h3-13,18H,1-2H3,(H,24,26). The molecule has 3 aromatic rings. The minimum Gasteiger partial charge on any atom is -0.481 e. The Labute approximate surface area is 161 Å². The summed E-state index contributed by atoms with van der Waals surface area (Å²) in [5.41, 5.74) is 0.720. The molecule has 2 atom stereocenters. The van der Waals surface area contributed by atoms with Gasteiger partial charge < -0.3 is 14.6 Å². The molecule has 1 amide bonds. The maximum atomic E-state index is 13.3. The number of ether oxygens (including phenoxy) is 1. The minimum absolute atomic E-state index is 0.317. The van der Waals surface area contributed by atoms with Gasteiger partial charge in [0.1, 0.15) is 23.4 Å². The molecule has 0 aliphatic carbocycles. The number of nitrogens with zero attached hydrogens (tertiary/aromatic N) is 2. The number of amides is 1. The Morgan fingerprint density at radius 2 is 1.85 bits per heavy atom. The number of carbonyl (C=O) groups excluding carboxylic acids is 1. The van der Waals surface area contributed by atoms with Crippen molar-refractivity contribution in [1.29, 1.82) is 0 Å². The molecule has 27 heavy (non-hydrogen) atoms. The van der Waals surface area contributed by atoms with Crippen LogP contribution in [0, 0.1) is 5.82 Å². The second-order valence-corrected chi connectivity index (χ2v) is 6.54. The van der Waals surface area contributed by atoms with Gasteiger partial charge in [-0.3, -0.25) is 4.79 Å². The smallest absolute Gasteiger partial charge is 0.261 e. The van der Waals surface area contributed by atoms with E-state index < -0.39 is 12.1 Å². The van der Waals surface area contributed by atoms with Gasteiger partial charge in [-0.15, -0.1) is 0 Å². The predicted octanol–water partition coefficient (Wildman–Crippen LogP) is 3.89. The number of aryl methyl sites for hydroxylation is 1. The first-order chi connectivity index (χ1) is 12.9. The molecule has 0 bridgehead atoms. The summed E-state index contributed by atoms with van der Waals surface area (Å²) in [6.07, 6.45) is 2.69. The van der Waals surface area contributed by atoms with Crippen molar-refractivity contribution in [2.75, 3.05) is 0 Å². The van der Waals surface area contributed by atoms with E-state index in [2.05, 4.69) is 10.3 Å². The SMILES string of the molecule is CC(Oc1ccc(Cl)cc1)C(=O)NC(c1ccc(F)cc1)c1nccn1C. The number of benzene rings is 2. The normalized spacial score (nSPS) is 13.0. The Kier molecular flexibility index (Phi) is 5.76. The number of rotatable bonds is 6. The van der Waals surface area contributed by atoms with Gasteiger partial charge in [0.05, 0.1) is 0 Å². The molecule has 2 aromatic carbocycles. The summed E-state index contributed by atoms with van der Waals surface area (Å²) in [5, 5.41) is 3.52. The molecule has 0 aliphatic rings. The number of halogens is 2. The third-order valence-corrected chi connectivity index (χ3v) is 4.35. The number of hydrogen-bond donors (Lipinski definition) is 1. The van der Waals surface area contributed by atoms with E-state index in [-0.39, 0.29) is 11.7 Å². The average molecular weight is 388 g/mol.